The maximum absolute atomic E-state index is 4.49. The normalized spacial score (nSPS) is 10.4. The SMILES string of the molecule is Cc1ncc(-c2ccncc2)cc1-c1ccncc1. The molecule has 0 amide bonds. The molecule has 3 heteroatoms. The Morgan fingerprint density at radius 2 is 1.32 bits per heavy atom. The van der Waals surface area contributed by atoms with Gasteiger partial charge in [0.1, 0.15) is 0 Å². The van der Waals surface area contributed by atoms with Crippen LogP contribution in [-0.2, 0) is 0 Å². The summed E-state index contributed by atoms with van der Waals surface area (Å²) >= 11 is 0. The van der Waals surface area contributed by atoms with Crippen molar-refractivity contribution in [1.82, 2.24) is 15.0 Å². The summed E-state index contributed by atoms with van der Waals surface area (Å²) in [5.41, 5.74) is 5.51. The third kappa shape index (κ3) is 2.36. The van der Waals surface area contributed by atoms with Gasteiger partial charge in [0.25, 0.3) is 0 Å². The molecule has 92 valence electrons. The lowest BCUT2D eigenvalue weighted by Gasteiger charge is -2.08. The minimum atomic E-state index is 1.02. The van der Waals surface area contributed by atoms with E-state index < -0.39 is 0 Å². The highest BCUT2D eigenvalue weighted by Gasteiger charge is 2.05. The smallest absolute Gasteiger partial charge is 0.0451 e. The van der Waals surface area contributed by atoms with Gasteiger partial charge in [-0.25, -0.2) is 0 Å². The fraction of sp³-hybridized carbons (Fsp3) is 0.0625. The van der Waals surface area contributed by atoms with Gasteiger partial charge in [0.2, 0.25) is 0 Å². The number of nitrogens with zero attached hydrogens (tertiary/aromatic N) is 3. The van der Waals surface area contributed by atoms with E-state index in [2.05, 4.69) is 21.0 Å². The number of hydrogen-bond donors (Lipinski definition) is 0. The largest absolute Gasteiger partial charge is 0.265 e. The molecule has 0 fully saturated rings. The third-order valence-corrected chi connectivity index (χ3v) is 3.09. The van der Waals surface area contributed by atoms with Gasteiger partial charge < -0.3 is 0 Å². The van der Waals surface area contributed by atoms with E-state index in [9.17, 15) is 0 Å². The Bertz CT molecular complexity index is 679. The molecule has 0 unspecified atom stereocenters. The number of pyridine rings is 3. The van der Waals surface area contributed by atoms with Crippen molar-refractivity contribution < 1.29 is 0 Å². The number of rotatable bonds is 2. The van der Waals surface area contributed by atoms with Crippen LogP contribution in [0.2, 0.25) is 0 Å². The Balaban J connectivity index is 2.12. The van der Waals surface area contributed by atoms with Crippen molar-refractivity contribution in [3.8, 4) is 22.3 Å². The Morgan fingerprint density at radius 3 is 1.95 bits per heavy atom. The van der Waals surface area contributed by atoms with Crippen LogP contribution in [0.1, 0.15) is 5.69 Å². The number of hydrogen-bond acceptors (Lipinski definition) is 3. The van der Waals surface area contributed by atoms with Crippen molar-refractivity contribution in [2.24, 2.45) is 0 Å². The van der Waals surface area contributed by atoms with Gasteiger partial charge in [0, 0.05) is 47.8 Å². The molecular weight excluding hydrogens is 234 g/mol. The Kier molecular flexibility index (Phi) is 3.02. The monoisotopic (exact) mass is 247 g/mol. The second kappa shape index (κ2) is 4.98. The van der Waals surface area contributed by atoms with Gasteiger partial charge in [0.15, 0.2) is 0 Å². The van der Waals surface area contributed by atoms with Gasteiger partial charge in [-0.1, -0.05) is 0 Å². The zero-order chi connectivity index (χ0) is 13.1. The summed E-state index contributed by atoms with van der Waals surface area (Å²) in [5, 5.41) is 0. The summed E-state index contributed by atoms with van der Waals surface area (Å²) < 4.78 is 0. The summed E-state index contributed by atoms with van der Waals surface area (Å²) in [5.74, 6) is 0. The molecule has 0 saturated carbocycles. The Labute approximate surface area is 112 Å². The molecule has 0 bridgehead atoms. The van der Waals surface area contributed by atoms with E-state index in [1.165, 1.54) is 0 Å². The van der Waals surface area contributed by atoms with Gasteiger partial charge in [0.05, 0.1) is 0 Å². The Hall–Kier alpha value is -2.55. The minimum Gasteiger partial charge on any atom is -0.265 e. The molecule has 0 aliphatic heterocycles. The van der Waals surface area contributed by atoms with Crippen LogP contribution < -0.4 is 0 Å². The molecular formula is C16H13N3. The molecule has 0 aromatic carbocycles. The highest BCUT2D eigenvalue weighted by molar-refractivity contribution is 5.73. The van der Waals surface area contributed by atoms with Crippen LogP contribution >= 0.6 is 0 Å². The van der Waals surface area contributed by atoms with E-state index in [0.29, 0.717) is 0 Å². The lowest BCUT2D eigenvalue weighted by atomic mass is 10.0. The maximum atomic E-state index is 4.49. The van der Waals surface area contributed by atoms with E-state index in [-0.39, 0.29) is 0 Å². The van der Waals surface area contributed by atoms with E-state index in [4.69, 9.17) is 0 Å². The summed E-state index contributed by atoms with van der Waals surface area (Å²) in [6, 6.07) is 10.1. The number of aryl methyl sites for hydroxylation is 1. The highest BCUT2D eigenvalue weighted by atomic mass is 14.7. The lowest BCUT2D eigenvalue weighted by Crippen LogP contribution is -1.90. The zero-order valence-electron chi connectivity index (χ0n) is 10.6. The summed E-state index contributed by atoms with van der Waals surface area (Å²) in [7, 11) is 0. The topological polar surface area (TPSA) is 38.7 Å². The zero-order valence-corrected chi connectivity index (χ0v) is 10.6. The molecule has 3 aromatic heterocycles. The quantitative estimate of drug-likeness (QED) is 0.695. The van der Waals surface area contributed by atoms with Crippen LogP contribution in [0.15, 0.2) is 61.3 Å². The molecule has 0 aliphatic rings. The van der Waals surface area contributed by atoms with Gasteiger partial charge in [-0.15, -0.1) is 0 Å². The molecule has 3 heterocycles. The molecule has 19 heavy (non-hydrogen) atoms. The summed E-state index contributed by atoms with van der Waals surface area (Å²) in [6.45, 7) is 2.02. The van der Waals surface area contributed by atoms with Crippen LogP contribution in [0, 0.1) is 6.92 Å². The first-order valence-corrected chi connectivity index (χ1v) is 6.12. The molecule has 3 nitrogen and oxygen atoms in total. The van der Waals surface area contributed by atoms with Crippen molar-refractivity contribution >= 4 is 0 Å². The molecule has 0 saturated heterocycles. The Morgan fingerprint density at radius 1 is 0.737 bits per heavy atom. The molecule has 3 aromatic rings. The average molecular weight is 247 g/mol. The van der Waals surface area contributed by atoms with E-state index in [1.807, 2.05) is 37.4 Å². The van der Waals surface area contributed by atoms with Crippen LogP contribution in [0.3, 0.4) is 0 Å². The van der Waals surface area contributed by atoms with Gasteiger partial charge in [-0.3, -0.25) is 15.0 Å². The van der Waals surface area contributed by atoms with E-state index in [0.717, 1.165) is 27.9 Å². The van der Waals surface area contributed by atoms with Crippen LogP contribution in [0.4, 0.5) is 0 Å². The predicted octanol–water partition coefficient (Wildman–Crippen LogP) is 3.51. The van der Waals surface area contributed by atoms with Crippen molar-refractivity contribution in [3.63, 3.8) is 0 Å². The average Bonchev–Trinajstić information content (AvgIpc) is 2.49. The first-order chi connectivity index (χ1) is 9.34. The number of aromatic nitrogens is 3. The third-order valence-electron chi connectivity index (χ3n) is 3.09. The second-order valence-electron chi connectivity index (χ2n) is 4.33. The van der Waals surface area contributed by atoms with Crippen molar-refractivity contribution in [2.75, 3.05) is 0 Å². The van der Waals surface area contributed by atoms with Crippen molar-refractivity contribution in [1.29, 1.82) is 0 Å². The molecule has 0 spiro atoms. The first-order valence-electron chi connectivity index (χ1n) is 6.12. The molecule has 0 radical (unpaired) electrons. The van der Waals surface area contributed by atoms with E-state index in [1.54, 1.807) is 24.8 Å². The minimum absolute atomic E-state index is 1.02. The summed E-state index contributed by atoms with van der Waals surface area (Å²) in [6.07, 6.45) is 9.08. The fourth-order valence-electron chi connectivity index (χ4n) is 2.06. The first kappa shape index (κ1) is 11.5. The van der Waals surface area contributed by atoms with Crippen molar-refractivity contribution in [2.45, 2.75) is 6.92 Å². The van der Waals surface area contributed by atoms with Crippen molar-refractivity contribution in [3.05, 3.63) is 67.0 Å². The highest BCUT2D eigenvalue weighted by Crippen LogP contribution is 2.27. The standard InChI is InChI=1S/C16H13N3/c1-12-16(14-4-8-18-9-5-14)10-15(11-19-12)13-2-6-17-7-3-13/h2-11H,1H3. The van der Waals surface area contributed by atoms with E-state index >= 15 is 0 Å². The van der Waals surface area contributed by atoms with Crippen LogP contribution in [0.5, 0.6) is 0 Å². The second-order valence-corrected chi connectivity index (χ2v) is 4.33. The maximum Gasteiger partial charge on any atom is 0.0451 e. The molecule has 3 rings (SSSR count). The van der Waals surface area contributed by atoms with Gasteiger partial charge >= 0.3 is 0 Å². The van der Waals surface area contributed by atoms with Gasteiger partial charge in [-0.05, 0) is 48.4 Å². The molecule has 0 aliphatic carbocycles. The summed E-state index contributed by atoms with van der Waals surface area (Å²) in [4.78, 5) is 12.6. The molecule has 0 atom stereocenters. The predicted molar refractivity (Wildman–Crippen MR) is 75.4 cm³/mol. The fourth-order valence-corrected chi connectivity index (χ4v) is 2.06. The van der Waals surface area contributed by atoms with Crippen LogP contribution in [0.25, 0.3) is 22.3 Å². The molecule has 0 N–H and O–H groups in total. The van der Waals surface area contributed by atoms with Crippen LogP contribution in [-0.4, -0.2) is 15.0 Å². The lowest BCUT2D eigenvalue weighted by molar-refractivity contribution is 1.20. The van der Waals surface area contributed by atoms with Gasteiger partial charge in [-0.2, -0.15) is 0 Å².